The third kappa shape index (κ3) is 6.80. The van der Waals surface area contributed by atoms with Crippen LogP contribution in [0.2, 0.25) is 5.02 Å². The van der Waals surface area contributed by atoms with Crippen LogP contribution >= 0.6 is 11.6 Å². The summed E-state index contributed by atoms with van der Waals surface area (Å²) in [6, 6.07) is 12.1. The van der Waals surface area contributed by atoms with Crippen LogP contribution in [-0.4, -0.2) is 50.0 Å². The first kappa shape index (κ1) is 28.2. The Bertz CT molecular complexity index is 1560. The summed E-state index contributed by atoms with van der Waals surface area (Å²) >= 11 is 6.00. The molecule has 0 atom stereocenters. The van der Waals surface area contributed by atoms with Gasteiger partial charge in [-0.2, -0.15) is 4.98 Å². The van der Waals surface area contributed by atoms with E-state index in [2.05, 4.69) is 9.72 Å². The number of hydrogen-bond donors (Lipinski definition) is 1. The zero-order valence-corrected chi connectivity index (χ0v) is 21.4. The second kappa shape index (κ2) is 11.9. The minimum Gasteiger partial charge on any atom is -0.460 e. The van der Waals surface area contributed by atoms with Crippen LogP contribution in [0.15, 0.2) is 58.1 Å². The maximum Gasteiger partial charge on any atom is 0.573 e. The molecule has 0 saturated carbocycles. The molecule has 0 unspecified atom stereocenters. The summed E-state index contributed by atoms with van der Waals surface area (Å²) in [6.07, 6.45) is -4.85. The highest BCUT2D eigenvalue weighted by Gasteiger charge is 2.31. The van der Waals surface area contributed by atoms with Gasteiger partial charge >= 0.3 is 12.1 Å². The Balaban J connectivity index is 1.74. The molecule has 0 aliphatic carbocycles. The zero-order valence-electron chi connectivity index (χ0n) is 20.7. The van der Waals surface area contributed by atoms with E-state index in [0.717, 1.165) is 16.2 Å². The monoisotopic (exact) mass is 568 g/mol. The fraction of sp³-hybridized carbons (Fsp3) is 0.320. The van der Waals surface area contributed by atoms with Crippen molar-refractivity contribution in [2.45, 2.75) is 26.1 Å². The number of nitrogens with zero attached hydrogens (tertiary/aromatic N) is 4. The van der Waals surface area contributed by atoms with E-state index < -0.39 is 23.4 Å². The largest absolute Gasteiger partial charge is 0.573 e. The number of ether oxygens (including phenoxy) is 3. The van der Waals surface area contributed by atoms with Gasteiger partial charge in [-0.1, -0.05) is 35.9 Å². The molecular formula is C25H24ClF3N4O6. The SMILES string of the molecule is Cn1c(=O)n(CCOCCO)c(=O)c2c1nc(OCc1cccc(OC(F)(F)F)c1)n2Cc1ccc(Cl)cc1. The lowest BCUT2D eigenvalue weighted by molar-refractivity contribution is -0.274. The van der Waals surface area contributed by atoms with Gasteiger partial charge in [-0.15, -0.1) is 13.2 Å². The number of alkyl halides is 3. The molecule has 0 fully saturated rings. The molecule has 4 rings (SSSR count). The smallest absolute Gasteiger partial charge is 0.460 e. The van der Waals surface area contributed by atoms with E-state index >= 15 is 0 Å². The molecule has 2 aromatic heterocycles. The van der Waals surface area contributed by atoms with Gasteiger partial charge in [-0.05, 0) is 35.4 Å². The van der Waals surface area contributed by atoms with Crippen LogP contribution in [0.25, 0.3) is 11.2 Å². The third-order valence-corrected chi connectivity index (χ3v) is 5.90. The van der Waals surface area contributed by atoms with Crippen molar-refractivity contribution in [3.05, 3.63) is 85.5 Å². The summed E-state index contributed by atoms with van der Waals surface area (Å²) in [7, 11) is 1.45. The zero-order chi connectivity index (χ0) is 28.2. The molecule has 0 radical (unpaired) electrons. The number of hydrogen-bond acceptors (Lipinski definition) is 7. The van der Waals surface area contributed by atoms with Crippen molar-refractivity contribution in [2.24, 2.45) is 7.05 Å². The van der Waals surface area contributed by atoms with Gasteiger partial charge in [0.1, 0.15) is 12.4 Å². The predicted octanol–water partition coefficient (Wildman–Crippen LogP) is 3.08. The Morgan fingerprint density at radius 2 is 1.77 bits per heavy atom. The molecular weight excluding hydrogens is 545 g/mol. The molecule has 0 saturated heterocycles. The van der Waals surface area contributed by atoms with Crippen LogP contribution in [0, 0.1) is 0 Å². The summed E-state index contributed by atoms with van der Waals surface area (Å²) in [5.41, 5.74) is -0.00391. The topological polar surface area (TPSA) is 110 Å². The molecule has 10 nitrogen and oxygen atoms in total. The first-order valence-electron chi connectivity index (χ1n) is 11.7. The summed E-state index contributed by atoms with van der Waals surface area (Å²) in [5.74, 6) is -0.410. The van der Waals surface area contributed by atoms with Gasteiger partial charge in [-0.25, -0.2) is 4.79 Å². The second-order valence-corrected chi connectivity index (χ2v) is 8.83. The van der Waals surface area contributed by atoms with Gasteiger partial charge in [0.15, 0.2) is 11.2 Å². The highest BCUT2D eigenvalue weighted by atomic mass is 35.5. The van der Waals surface area contributed by atoms with Gasteiger partial charge in [0.2, 0.25) is 0 Å². The number of aliphatic hydroxyl groups excluding tert-OH is 1. The molecule has 0 spiro atoms. The van der Waals surface area contributed by atoms with Crippen molar-refractivity contribution in [2.75, 3.05) is 19.8 Å². The summed E-state index contributed by atoms with van der Waals surface area (Å²) in [6.45, 7) is -0.266. The molecule has 1 N–H and O–H groups in total. The fourth-order valence-corrected chi connectivity index (χ4v) is 4.01. The normalized spacial score (nSPS) is 11.7. The highest BCUT2D eigenvalue weighted by molar-refractivity contribution is 6.30. The van der Waals surface area contributed by atoms with Crippen molar-refractivity contribution < 1.29 is 32.5 Å². The van der Waals surface area contributed by atoms with Crippen molar-refractivity contribution in [1.82, 2.24) is 18.7 Å². The van der Waals surface area contributed by atoms with E-state index in [4.69, 9.17) is 26.2 Å². The average Bonchev–Trinajstić information content (AvgIpc) is 3.24. The number of halogens is 4. The lowest BCUT2D eigenvalue weighted by Gasteiger charge is -2.13. The van der Waals surface area contributed by atoms with E-state index in [-0.39, 0.29) is 56.7 Å². The van der Waals surface area contributed by atoms with E-state index in [1.807, 2.05) is 0 Å². The Morgan fingerprint density at radius 3 is 2.46 bits per heavy atom. The standard InChI is InChI=1S/C25H24ClF3N4O6/c1-31-21-20(22(35)32(24(31)36)9-11-37-12-10-34)33(14-16-5-7-18(26)8-6-16)23(30-21)38-15-17-3-2-4-19(13-17)39-25(27,28)29/h2-8,13,34H,9-12,14-15H2,1H3. The van der Waals surface area contributed by atoms with E-state index in [1.54, 1.807) is 30.3 Å². The molecule has 2 aromatic carbocycles. The van der Waals surface area contributed by atoms with Crippen molar-refractivity contribution in [3.63, 3.8) is 0 Å². The van der Waals surface area contributed by atoms with Crippen LogP contribution in [0.3, 0.4) is 0 Å². The van der Waals surface area contributed by atoms with E-state index in [9.17, 15) is 22.8 Å². The van der Waals surface area contributed by atoms with Crippen molar-refractivity contribution in [3.8, 4) is 11.8 Å². The molecule has 0 aliphatic rings. The summed E-state index contributed by atoms with van der Waals surface area (Å²) in [4.78, 5) is 30.8. The molecule has 39 heavy (non-hydrogen) atoms. The van der Waals surface area contributed by atoms with Crippen LogP contribution in [0.4, 0.5) is 13.2 Å². The molecule has 0 aliphatic heterocycles. The van der Waals surface area contributed by atoms with Gasteiger partial charge in [0.25, 0.3) is 11.6 Å². The van der Waals surface area contributed by atoms with Crippen LogP contribution in [-0.2, 0) is 31.5 Å². The van der Waals surface area contributed by atoms with Crippen molar-refractivity contribution >= 4 is 22.8 Å². The number of aryl methyl sites for hydroxylation is 1. The first-order chi connectivity index (χ1) is 18.6. The summed E-state index contributed by atoms with van der Waals surface area (Å²) in [5, 5.41) is 9.42. The molecule has 14 heteroatoms. The number of rotatable bonds is 11. The quantitative estimate of drug-likeness (QED) is 0.277. The molecule has 0 bridgehead atoms. The number of aromatic nitrogens is 4. The highest BCUT2D eigenvalue weighted by Crippen LogP contribution is 2.25. The van der Waals surface area contributed by atoms with Crippen LogP contribution < -0.4 is 20.7 Å². The fourth-order valence-electron chi connectivity index (χ4n) is 3.88. The number of fused-ring (bicyclic) bond motifs is 1. The Kier molecular flexibility index (Phi) is 8.63. The average molecular weight is 569 g/mol. The van der Waals surface area contributed by atoms with Crippen molar-refractivity contribution in [1.29, 1.82) is 0 Å². The number of imidazole rings is 1. The molecule has 208 valence electrons. The Hall–Kier alpha value is -3.81. The molecule has 0 amide bonds. The van der Waals surface area contributed by atoms with Crippen LogP contribution in [0.1, 0.15) is 11.1 Å². The minimum absolute atomic E-state index is 0.0201. The number of aliphatic hydroxyl groups is 1. The van der Waals surface area contributed by atoms with Gasteiger partial charge < -0.3 is 19.3 Å². The maximum absolute atomic E-state index is 13.5. The van der Waals surface area contributed by atoms with E-state index in [1.165, 1.54) is 28.3 Å². The number of benzene rings is 2. The Labute approximate surface area is 224 Å². The molecule has 2 heterocycles. The first-order valence-corrected chi connectivity index (χ1v) is 12.1. The Morgan fingerprint density at radius 1 is 1.03 bits per heavy atom. The minimum atomic E-state index is -4.85. The van der Waals surface area contributed by atoms with Gasteiger partial charge in [0, 0.05) is 12.1 Å². The predicted molar refractivity (Wildman–Crippen MR) is 135 cm³/mol. The maximum atomic E-state index is 13.5. The third-order valence-electron chi connectivity index (χ3n) is 5.65. The van der Waals surface area contributed by atoms with Gasteiger partial charge in [0.05, 0.1) is 32.9 Å². The van der Waals surface area contributed by atoms with Gasteiger partial charge in [-0.3, -0.25) is 18.5 Å². The van der Waals surface area contributed by atoms with E-state index in [0.29, 0.717) is 10.6 Å². The lowest BCUT2D eigenvalue weighted by atomic mass is 10.2. The second-order valence-electron chi connectivity index (χ2n) is 8.40. The molecule has 4 aromatic rings. The summed E-state index contributed by atoms with van der Waals surface area (Å²) < 4.78 is 56.6. The van der Waals surface area contributed by atoms with Crippen LogP contribution in [0.5, 0.6) is 11.8 Å². The lowest BCUT2D eigenvalue weighted by Crippen LogP contribution is -2.40.